The van der Waals surface area contributed by atoms with E-state index in [1.807, 2.05) is 30.3 Å². The van der Waals surface area contributed by atoms with Crippen molar-refractivity contribution in [2.24, 2.45) is 5.73 Å². The van der Waals surface area contributed by atoms with Crippen LogP contribution in [0.1, 0.15) is 41.0 Å². The Labute approximate surface area is 163 Å². The number of carbonyl (C=O) groups is 3. The lowest BCUT2D eigenvalue weighted by Gasteiger charge is -2.33. The standard InChI is InChI=1S/C20H24N4O4/c1-13-18(14(2)24(22-13)15-8-4-3-5-9-15)20(27)28-12-17(25)23-11-7-6-10-16(23)19(21)26/h3-5,8-9,16H,6-7,10-12H2,1-2H3,(H2,21,26)/t16-/m1/s1. The zero-order valence-corrected chi connectivity index (χ0v) is 16.1. The van der Waals surface area contributed by atoms with Gasteiger partial charge in [-0.3, -0.25) is 9.59 Å². The van der Waals surface area contributed by atoms with Gasteiger partial charge in [-0.05, 0) is 45.2 Å². The smallest absolute Gasteiger partial charge is 0.342 e. The first-order valence-corrected chi connectivity index (χ1v) is 9.27. The molecular weight excluding hydrogens is 360 g/mol. The van der Waals surface area contributed by atoms with Crippen molar-refractivity contribution in [1.29, 1.82) is 0 Å². The molecule has 148 valence electrons. The number of aryl methyl sites for hydroxylation is 1. The number of nitrogens with zero attached hydrogens (tertiary/aromatic N) is 3. The summed E-state index contributed by atoms with van der Waals surface area (Å²) in [7, 11) is 0. The van der Waals surface area contributed by atoms with Crippen molar-refractivity contribution >= 4 is 17.8 Å². The highest BCUT2D eigenvalue weighted by Crippen LogP contribution is 2.20. The van der Waals surface area contributed by atoms with Gasteiger partial charge in [0.2, 0.25) is 5.91 Å². The molecule has 1 aromatic carbocycles. The highest BCUT2D eigenvalue weighted by atomic mass is 16.5. The molecule has 0 spiro atoms. The van der Waals surface area contributed by atoms with Gasteiger partial charge in [-0.2, -0.15) is 5.10 Å². The summed E-state index contributed by atoms with van der Waals surface area (Å²) in [5.41, 5.74) is 7.71. The predicted molar refractivity (Wildman–Crippen MR) is 102 cm³/mol. The Morgan fingerprint density at radius 2 is 1.89 bits per heavy atom. The Morgan fingerprint density at radius 1 is 1.18 bits per heavy atom. The number of esters is 1. The Hall–Kier alpha value is -3.16. The van der Waals surface area contributed by atoms with Gasteiger partial charge in [0.05, 0.1) is 17.1 Å². The number of benzene rings is 1. The Morgan fingerprint density at radius 3 is 2.57 bits per heavy atom. The molecule has 1 aromatic heterocycles. The second kappa shape index (κ2) is 8.24. The minimum Gasteiger partial charge on any atom is -0.452 e. The lowest BCUT2D eigenvalue weighted by molar-refractivity contribution is -0.143. The van der Waals surface area contributed by atoms with E-state index in [2.05, 4.69) is 5.10 Å². The zero-order valence-electron chi connectivity index (χ0n) is 16.1. The fourth-order valence-corrected chi connectivity index (χ4v) is 3.57. The van der Waals surface area contributed by atoms with E-state index in [1.54, 1.807) is 18.5 Å². The minimum absolute atomic E-state index is 0.335. The molecule has 0 aliphatic carbocycles. The first kappa shape index (κ1) is 19.6. The van der Waals surface area contributed by atoms with Gasteiger partial charge in [0.15, 0.2) is 6.61 Å². The van der Waals surface area contributed by atoms with Crippen molar-refractivity contribution in [3.8, 4) is 5.69 Å². The Kier molecular flexibility index (Phi) is 5.77. The molecule has 0 saturated carbocycles. The number of ether oxygens (including phenoxy) is 1. The normalized spacial score (nSPS) is 16.6. The van der Waals surface area contributed by atoms with E-state index < -0.39 is 30.4 Å². The number of aromatic nitrogens is 2. The average Bonchev–Trinajstić information content (AvgIpc) is 3.00. The summed E-state index contributed by atoms with van der Waals surface area (Å²) in [6.45, 7) is 3.50. The van der Waals surface area contributed by atoms with Gasteiger partial charge in [0.25, 0.3) is 5.91 Å². The third-order valence-corrected chi connectivity index (χ3v) is 4.97. The largest absolute Gasteiger partial charge is 0.452 e. The number of likely N-dealkylation sites (tertiary alicyclic amines) is 1. The lowest BCUT2D eigenvalue weighted by atomic mass is 10.0. The van der Waals surface area contributed by atoms with E-state index in [1.165, 1.54) is 4.90 Å². The third-order valence-electron chi connectivity index (χ3n) is 4.97. The molecule has 0 unspecified atom stereocenters. The highest BCUT2D eigenvalue weighted by molar-refractivity contribution is 5.94. The number of hydrogen-bond donors (Lipinski definition) is 1. The second-order valence-electron chi connectivity index (χ2n) is 6.87. The van der Waals surface area contributed by atoms with Gasteiger partial charge in [-0.15, -0.1) is 0 Å². The number of para-hydroxylation sites is 1. The summed E-state index contributed by atoms with van der Waals surface area (Å²) < 4.78 is 6.91. The summed E-state index contributed by atoms with van der Waals surface area (Å²) in [6, 6.07) is 8.81. The van der Waals surface area contributed by atoms with Crippen LogP contribution in [-0.4, -0.2) is 51.7 Å². The van der Waals surface area contributed by atoms with Crippen LogP contribution in [-0.2, 0) is 14.3 Å². The predicted octanol–water partition coefficient (Wildman–Crippen LogP) is 1.51. The van der Waals surface area contributed by atoms with Crippen LogP contribution in [0.15, 0.2) is 30.3 Å². The summed E-state index contributed by atoms with van der Waals surface area (Å²) in [4.78, 5) is 38.0. The summed E-state index contributed by atoms with van der Waals surface area (Å²) >= 11 is 0. The van der Waals surface area contributed by atoms with Crippen LogP contribution in [0.25, 0.3) is 5.69 Å². The molecule has 2 amide bonds. The van der Waals surface area contributed by atoms with Crippen LogP contribution >= 0.6 is 0 Å². The van der Waals surface area contributed by atoms with Crippen LogP contribution < -0.4 is 5.73 Å². The molecule has 1 aliphatic rings. The molecule has 8 nitrogen and oxygen atoms in total. The molecule has 2 aromatic rings. The van der Waals surface area contributed by atoms with Gasteiger partial charge in [0.1, 0.15) is 11.6 Å². The van der Waals surface area contributed by atoms with Crippen LogP contribution in [0, 0.1) is 13.8 Å². The van der Waals surface area contributed by atoms with Crippen molar-refractivity contribution in [3.05, 3.63) is 47.3 Å². The van der Waals surface area contributed by atoms with Crippen LogP contribution in [0.2, 0.25) is 0 Å². The first-order valence-electron chi connectivity index (χ1n) is 9.27. The second-order valence-corrected chi connectivity index (χ2v) is 6.87. The number of rotatable bonds is 5. The van der Waals surface area contributed by atoms with Crippen molar-refractivity contribution in [2.75, 3.05) is 13.2 Å². The number of primary amides is 1. The topological polar surface area (TPSA) is 108 Å². The van der Waals surface area contributed by atoms with Crippen molar-refractivity contribution in [3.63, 3.8) is 0 Å². The van der Waals surface area contributed by atoms with Crippen molar-refractivity contribution in [2.45, 2.75) is 39.2 Å². The molecular formula is C20H24N4O4. The van der Waals surface area contributed by atoms with Crippen LogP contribution in [0.4, 0.5) is 0 Å². The first-order chi connectivity index (χ1) is 13.4. The molecule has 0 radical (unpaired) electrons. The fraction of sp³-hybridized carbons (Fsp3) is 0.400. The van der Waals surface area contributed by atoms with Gasteiger partial charge in [0, 0.05) is 6.54 Å². The molecule has 8 heteroatoms. The fourth-order valence-electron chi connectivity index (χ4n) is 3.57. The summed E-state index contributed by atoms with van der Waals surface area (Å²) in [6.07, 6.45) is 2.18. The summed E-state index contributed by atoms with van der Waals surface area (Å²) in [5.74, 6) is -1.56. The van der Waals surface area contributed by atoms with Gasteiger partial charge >= 0.3 is 5.97 Å². The highest BCUT2D eigenvalue weighted by Gasteiger charge is 2.31. The molecule has 28 heavy (non-hydrogen) atoms. The monoisotopic (exact) mass is 384 g/mol. The molecule has 1 aliphatic heterocycles. The van der Waals surface area contributed by atoms with Crippen molar-refractivity contribution in [1.82, 2.24) is 14.7 Å². The maximum Gasteiger partial charge on any atom is 0.342 e. The maximum absolute atomic E-state index is 12.6. The molecule has 1 saturated heterocycles. The van der Waals surface area contributed by atoms with E-state index in [4.69, 9.17) is 10.5 Å². The molecule has 2 N–H and O–H groups in total. The summed E-state index contributed by atoms with van der Waals surface area (Å²) in [5, 5.41) is 4.41. The average molecular weight is 384 g/mol. The SMILES string of the molecule is Cc1nn(-c2ccccc2)c(C)c1C(=O)OCC(=O)N1CCCC[C@@H]1C(N)=O. The lowest BCUT2D eigenvalue weighted by Crippen LogP contribution is -2.51. The molecule has 2 heterocycles. The minimum atomic E-state index is -0.635. The quantitative estimate of drug-likeness (QED) is 0.786. The van der Waals surface area contributed by atoms with E-state index in [9.17, 15) is 14.4 Å². The van der Waals surface area contributed by atoms with E-state index in [0.717, 1.165) is 18.5 Å². The molecule has 1 atom stereocenters. The molecule has 1 fully saturated rings. The van der Waals surface area contributed by atoms with E-state index in [0.29, 0.717) is 29.9 Å². The molecule has 3 rings (SSSR count). The van der Waals surface area contributed by atoms with Gasteiger partial charge in [-0.25, -0.2) is 9.48 Å². The van der Waals surface area contributed by atoms with Crippen LogP contribution in [0.5, 0.6) is 0 Å². The number of amides is 2. The number of piperidine rings is 1. The van der Waals surface area contributed by atoms with Gasteiger partial charge < -0.3 is 15.4 Å². The zero-order chi connectivity index (χ0) is 20.3. The number of hydrogen-bond acceptors (Lipinski definition) is 5. The Bertz CT molecular complexity index is 891. The third kappa shape index (κ3) is 3.90. The number of nitrogens with two attached hydrogens (primary N) is 1. The van der Waals surface area contributed by atoms with Crippen molar-refractivity contribution < 1.29 is 19.1 Å². The van der Waals surface area contributed by atoms with Crippen LogP contribution in [0.3, 0.4) is 0 Å². The van der Waals surface area contributed by atoms with E-state index in [-0.39, 0.29) is 0 Å². The Balaban J connectivity index is 1.71. The van der Waals surface area contributed by atoms with Gasteiger partial charge in [-0.1, -0.05) is 18.2 Å². The molecule has 0 bridgehead atoms. The van der Waals surface area contributed by atoms with E-state index >= 15 is 0 Å². The maximum atomic E-state index is 12.6. The number of carbonyl (C=O) groups excluding carboxylic acids is 3.